The van der Waals surface area contributed by atoms with Crippen LogP contribution in [0.15, 0.2) is 53.4 Å². The number of hydrogen-bond donors (Lipinski definition) is 2. The van der Waals surface area contributed by atoms with Crippen LogP contribution in [0.1, 0.15) is 17.5 Å². The van der Waals surface area contributed by atoms with Crippen molar-refractivity contribution in [2.75, 3.05) is 20.2 Å². The molecule has 0 saturated carbocycles. The third-order valence-electron chi connectivity index (χ3n) is 4.12. The summed E-state index contributed by atoms with van der Waals surface area (Å²) in [5.74, 6) is -0.417. The highest BCUT2D eigenvalue weighted by molar-refractivity contribution is 7.89. The van der Waals surface area contributed by atoms with Crippen molar-refractivity contribution in [3.63, 3.8) is 0 Å². The number of amides is 2. The molecule has 2 N–H and O–H groups in total. The number of aryl methyl sites for hydroxylation is 2. The first-order chi connectivity index (χ1) is 13.7. The molecule has 0 saturated heterocycles. The van der Waals surface area contributed by atoms with Gasteiger partial charge in [0.05, 0.1) is 24.5 Å². The van der Waals surface area contributed by atoms with E-state index in [9.17, 15) is 18.0 Å². The van der Waals surface area contributed by atoms with Crippen molar-refractivity contribution in [3.05, 3.63) is 59.7 Å². The van der Waals surface area contributed by atoms with Gasteiger partial charge in [0.15, 0.2) is 0 Å². The van der Waals surface area contributed by atoms with Crippen LogP contribution >= 0.6 is 0 Å². The summed E-state index contributed by atoms with van der Waals surface area (Å²) in [6.07, 6.45) is 0.0338. The van der Waals surface area contributed by atoms with Gasteiger partial charge in [0.1, 0.15) is 5.75 Å². The molecule has 2 aromatic rings. The molecule has 0 aromatic heterocycles. The molecule has 0 aliphatic carbocycles. The van der Waals surface area contributed by atoms with Crippen LogP contribution in [0.2, 0.25) is 0 Å². The fourth-order valence-electron chi connectivity index (χ4n) is 2.39. The lowest BCUT2D eigenvalue weighted by molar-refractivity contribution is -0.129. The van der Waals surface area contributed by atoms with Crippen LogP contribution in [-0.2, 0) is 19.6 Å². The maximum Gasteiger partial charge on any atom is 0.253 e. The zero-order chi connectivity index (χ0) is 21.4. The van der Waals surface area contributed by atoms with Gasteiger partial charge >= 0.3 is 0 Å². The van der Waals surface area contributed by atoms with Crippen LogP contribution in [0, 0.1) is 13.8 Å². The van der Waals surface area contributed by atoms with Crippen molar-refractivity contribution < 1.29 is 22.7 Å². The van der Waals surface area contributed by atoms with Crippen LogP contribution in [0.4, 0.5) is 0 Å². The topological polar surface area (TPSA) is 105 Å². The Labute approximate surface area is 170 Å². The zero-order valence-corrected chi connectivity index (χ0v) is 17.5. The van der Waals surface area contributed by atoms with Crippen LogP contribution in [0.5, 0.6) is 5.75 Å². The lowest BCUT2D eigenvalue weighted by Crippen LogP contribution is -2.47. The molecule has 2 amide bonds. The molecule has 0 heterocycles. The number of ether oxygens (including phenoxy) is 1. The smallest absolute Gasteiger partial charge is 0.253 e. The predicted octanol–water partition coefficient (Wildman–Crippen LogP) is 1.54. The van der Waals surface area contributed by atoms with Gasteiger partial charge in [0, 0.05) is 7.05 Å². The lowest BCUT2D eigenvalue weighted by Gasteiger charge is -2.17. The Morgan fingerprint density at radius 3 is 2.24 bits per heavy atom. The van der Waals surface area contributed by atoms with E-state index in [0.717, 1.165) is 15.4 Å². The van der Waals surface area contributed by atoms with E-state index < -0.39 is 28.4 Å². The molecule has 156 valence electrons. The Morgan fingerprint density at radius 1 is 0.966 bits per heavy atom. The van der Waals surface area contributed by atoms with Gasteiger partial charge in [-0.1, -0.05) is 35.9 Å². The molecule has 9 heteroatoms. The number of sulfonamides is 1. The van der Waals surface area contributed by atoms with Crippen molar-refractivity contribution in [1.29, 1.82) is 0 Å². The SMILES string of the molecule is Cc1ccc(S(=O)(=O)N(C)CC(=O)NNC(=O)CCOc2ccccc2C)cc1. The molecule has 0 fully saturated rings. The second-order valence-electron chi connectivity index (χ2n) is 6.53. The quantitative estimate of drug-likeness (QED) is 0.632. The molecule has 0 spiro atoms. The van der Waals surface area contributed by atoms with E-state index in [1.807, 2.05) is 32.0 Å². The number of para-hydroxylation sites is 1. The molecule has 0 radical (unpaired) electrons. The molecular formula is C20H25N3O5S. The summed E-state index contributed by atoms with van der Waals surface area (Å²) >= 11 is 0. The van der Waals surface area contributed by atoms with E-state index in [4.69, 9.17) is 4.74 Å². The number of benzene rings is 2. The largest absolute Gasteiger partial charge is 0.493 e. The molecule has 0 unspecified atom stereocenters. The van der Waals surface area contributed by atoms with Gasteiger partial charge < -0.3 is 4.74 Å². The molecular weight excluding hydrogens is 394 g/mol. The fourth-order valence-corrected chi connectivity index (χ4v) is 3.52. The van der Waals surface area contributed by atoms with Crippen LogP contribution in [-0.4, -0.2) is 44.7 Å². The average Bonchev–Trinajstić information content (AvgIpc) is 2.68. The maximum absolute atomic E-state index is 12.5. The number of rotatable bonds is 8. The minimum absolute atomic E-state index is 0.0338. The minimum atomic E-state index is -3.80. The van der Waals surface area contributed by atoms with Crippen LogP contribution < -0.4 is 15.6 Å². The molecule has 2 rings (SSSR count). The second-order valence-corrected chi connectivity index (χ2v) is 8.58. The highest BCUT2D eigenvalue weighted by Gasteiger charge is 2.22. The number of nitrogens with one attached hydrogen (secondary N) is 2. The lowest BCUT2D eigenvalue weighted by atomic mass is 10.2. The van der Waals surface area contributed by atoms with Crippen molar-refractivity contribution in [1.82, 2.24) is 15.2 Å². The summed E-state index contributed by atoms with van der Waals surface area (Å²) in [5.41, 5.74) is 6.34. The summed E-state index contributed by atoms with van der Waals surface area (Å²) in [7, 11) is -2.50. The highest BCUT2D eigenvalue weighted by atomic mass is 32.2. The fraction of sp³-hybridized carbons (Fsp3) is 0.300. The van der Waals surface area contributed by atoms with Gasteiger partial charge in [-0.25, -0.2) is 8.42 Å². The van der Waals surface area contributed by atoms with Gasteiger partial charge in [-0.05, 0) is 37.6 Å². The van der Waals surface area contributed by atoms with E-state index in [0.29, 0.717) is 5.75 Å². The van der Waals surface area contributed by atoms with Crippen molar-refractivity contribution in [2.45, 2.75) is 25.2 Å². The minimum Gasteiger partial charge on any atom is -0.493 e. The zero-order valence-electron chi connectivity index (χ0n) is 16.6. The van der Waals surface area contributed by atoms with Gasteiger partial charge in [-0.2, -0.15) is 4.31 Å². The molecule has 0 aliphatic rings. The van der Waals surface area contributed by atoms with E-state index in [1.165, 1.54) is 19.2 Å². The standard InChI is InChI=1S/C20H25N3O5S/c1-15-8-10-17(11-9-15)29(26,27)23(3)14-20(25)22-21-19(24)12-13-28-18-7-5-4-6-16(18)2/h4-11H,12-14H2,1-3H3,(H,21,24)(H,22,25). The maximum atomic E-state index is 12.5. The Bertz CT molecular complexity index is 958. The average molecular weight is 420 g/mol. The third-order valence-corrected chi connectivity index (χ3v) is 5.93. The van der Waals surface area contributed by atoms with Crippen molar-refractivity contribution in [2.24, 2.45) is 0 Å². The first kappa shape index (κ1) is 22.4. The summed E-state index contributed by atoms with van der Waals surface area (Å²) < 4.78 is 31.4. The van der Waals surface area contributed by atoms with Gasteiger partial charge in [0.2, 0.25) is 15.9 Å². The van der Waals surface area contributed by atoms with Crippen molar-refractivity contribution in [3.8, 4) is 5.75 Å². The number of carbonyl (C=O) groups excluding carboxylic acids is 2. The Hall–Kier alpha value is -2.91. The van der Waals surface area contributed by atoms with E-state index in [-0.39, 0.29) is 17.9 Å². The number of likely N-dealkylation sites (N-methyl/N-ethyl adjacent to an activating group) is 1. The van der Waals surface area contributed by atoms with Crippen molar-refractivity contribution >= 4 is 21.8 Å². The molecule has 2 aromatic carbocycles. The van der Waals surface area contributed by atoms with Crippen LogP contribution in [0.3, 0.4) is 0 Å². The van der Waals surface area contributed by atoms with Gasteiger partial charge in [0.25, 0.3) is 5.91 Å². The monoisotopic (exact) mass is 419 g/mol. The highest BCUT2D eigenvalue weighted by Crippen LogP contribution is 2.16. The first-order valence-electron chi connectivity index (χ1n) is 8.99. The normalized spacial score (nSPS) is 11.2. The van der Waals surface area contributed by atoms with Gasteiger partial charge in [-0.15, -0.1) is 0 Å². The molecule has 8 nitrogen and oxygen atoms in total. The van der Waals surface area contributed by atoms with Crippen LogP contribution in [0.25, 0.3) is 0 Å². The van der Waals surface area contributed by atoms with Gasteiger partial charge in [-0.3, -0.25) is 20.4 Å². The molecule has 0 atom stereocenters. The van der Waals surface area contributed by atoms with E-state index in [1.54, 1.807) is 18.2 Å². The summed E-state index contributed by atoms with van der Waals surface area (Å²) in [4.78, 5) is 23.9. The summed E-state index contributed by atoms with van der Waals surface area (Å²) in [5, 5.41) is 0. The molecule has 29 heavy (non-hydrogen) atoms. The molecule has 0 aliphatic heterocycles. The number of carbonyl (C=O) groups is 2. The number of hydrazine groups is 1. The van der Waals surface area contributed by atoms with E-state index >= 15 is 0 Å². The Kier molecular flexibility index (Phi) is 7.74. The van der Waals surface area contributed by atoms with E-state index in [2.05, 4.69) is 10.9 Å². The number of hydrogen-bond acceptors (Lipinski definition) is 5. The number of nitrogens with zero attached hydrogens (tertiary/aromatic N) is 1. The third kappa shape index (κ3) is 6.58. The summed E-state index contributed by atoms with van der Waals surface area (Å²) in [6.45, 7) is 3.46. The summed E-state index contributed by atoms with van der Waals surface area (Å²) in [6, 6.07) is 13.8. The first-order valence-corrected chi connectivity index (χ1v) is 10.4. The Balaban J connectivity index is 1.76. The predicted molar refractivity (Wildman–Crippen MR) is 109 cm³/mol. The molecule has 0 bridgehead atoms. The Morgan fingerprint density at radius 2 is 1.59 bits per heavy atom. The second kappa shape index (κ2) is 10.0.